The minimum absolute atomic E-state index is 0. The van der Waals surface area contributed by atoms with E-state index in [0.717, 1.165) is 37.4 Å². The molecule has 3 rings (SSSR count). The molecule has 0 radical (unpaired) electrons. The third kappa shape index (κ3) is 4.84. The van der Waals surface area contributed by atoms with Gasteiger partial charge in [0.05, 0.1) is 11.7 Å². The molecule has 2 N–H and O–H groups in total. The number of nitrogens with one attached hydrogen (secondary N) is 2. The Hall–Kier alpha value is -0.980. The lowest BCUT2D eigenvalue weighted by molar-refractivity contribution is 0.579. The molecule has 0 amide bonds. The Balaban J connectivity index is 0.00000243. The SMILES string of the molecule is Cc1nc(N2CCNCC2)nc(NC(C)c2ccc(Cl)cc2Cl)c1Cl.Cl. The van der Waals surface area contributed by atoms with E-state index in [4.69, 9.17) is 34.8 Å². The lowest BCUT2D eigenvalue weighted by Crippen LogP contribution is -2.44. The third-order valence-corrected chi connectivity index (χ3v) is 5.20. The molecule has 1 saturated heterocycles. The summed E-state index contributed by atoms with van der Waals surface area (Å²) < 4.78 is 0. The first-order chi connectivity index (χ1) is 12.0. The van der Waals surface area contributed by atoms with Crippen LogP contribution < -0.4 is 15.5 Å². The van der Waals surface area contributed by atoms with Gasteiger partial charge in [-0.05, 0) is 31.5 Å². The van der Waals surface area contributed by atoms with Gasteiger partial charge in [0.2, 0.25) is 5.95 Å². The van der Waals surface area contributed by atoms with Crippen LogP contribution in [0, 0.1) is 6.92 Å². The van der Waals surface area contributed by atoms with Crippen molar-refractivity contribution in [3.63, 3.8) is 0 Å². The Morgan fingerprint density at radius 1 is 1.15 bits per heavy atom. The minimum atomic E-state index is -0.0764. The van der Waals surface area contributed by atoms with Crippen LogP contribution in [0.5, 0.6) is 0 Å². The van der Waals surface area contributed by atoms with E-state index in [-0.39, 0.29) is 18.4 Å². The van der Waals surface area contributed by atoms with Crippen LogP contribution in [-0.4, -0.2) is 36.1 Å². The summed E-state index contributed by atoms with van der Waals surface area (Å²) in [6.45, 7) is 7.49. The standard InChI is InChI=1S/C17H20Cl3N5.ClH/c1-10(13-4-3-12(18)9-14(13)19)22-16-15(20)11(2)23-17(24-16)25-7-5-21-6-8-25;/h3-4,9-10,21H,5-8H2,1-2H3,(H,22,23,24);1H. The molecule has 1 aromatic carbocycles. The second-order valence-corrected chi connectivity index (χ2v) is 7.26. The molecule has 5 nitrogen and oxygen atoms in total. The van der Waals surface area contributed by atoms with E-state index in [1.807, 2.05) is 26.0 Å². The number of halogens is 4. The van der Waals surface area contributed by atoms with Gasteiger partial charge < -0.3 is 15.5 Å². The Morgan fingerprint density at radius 3 is 2.50 bits per heavy atom. The number of hydrogen-bond acceptors (Lipinski definition) is 5. The van der Waals surface area contributed by atoms with Crippen molar-refractivity contribution in [1.29, 1.82) is 0 Å². The molecular formula is C17H21Cl4N5. The fraction of sp³-hybridized carbons (Fsp3) is 0.412. The van der Waals surface area contributed by atoms with Gasteiger partial charge in [-0.3, -0.25) is 0 Å². The van der Waals surface area contributed by atoms with Crippen LogP contribution in [0.15, 0.2) is 18.2 Å². The second kappa shape index (κ2) is 9.29. The summed E-state index contributed by atoms with van der Waals surface area (Å²) in [5.41, 5.74) is 1.68. The summed E-state index contributed by atoms with van der Waals surface area (Å²) in [4.78, 5) is 11.3. The quantitative estimate of drug-likeness (QED) is 0.724. The predicted octanol–water partition coefficient (Wildman–Crippen LogP) is 4.75. The number of aryl methyl sites for hydroxylation is 1. The molecule has 1 aliphatic rings. The maximum Gasteiger partial charge on any atom is 0.227 e. The average molecular weight is 437 g/mol. The first-order valence-corrected chi connectivity index (χ1v) is 9.30. The number of aromatic nitrogens is 2. The van der Waals surface area contributed by atoms with Gasteiger partial charge in [0.1, 0.15) is 5.02 Å². The number of benzene rings is 1. The summed E-state index contributed by atoms with van der Waals surface area (Å²) in [7, 11) is 0. The van der Waals surface area contributed by atoms with Crippen molar-refractivity contribution in [1.82, 2.24) is 15.3 Å². The highest BCUT2D eigenvalue weighted by atomic mass is 35.5. The molecule has 1 atom stereocenters. The smallest absolute Gasteiger partial charge is 0.227 e. The Morgan fingerprint density at radius 2 is 1.85 bits per heavy atom. The van der Waals surface area contributed by atoms with E-state index >= 15 is 0 Å². The lowest BCUT2D eigenvalue weighted by Gasteiger charge is -2.28. The normalized spacial score (nSPS) is 15.3. The highest BCUT2D eigenvalue weighted by molar-refractivity contribution is 6.35. The largest absolute Gasteiger partial charge is 0.362 e. The van der Waals surface area contributed by atoms with E-state index < -0.39 is 0 Å². The molecule has 0 bridgehead atoms. The maximum atomic E-state index is 6.43. The zero-order chi connectivity index (χ0) is 18.0. The van der Waals surface area contributed by atoms with Crippen molar-refractivity contribution in [3.8, 4) is 0 Å². The van der Waals surface area contributed by atoms with E-state index in [2.05, 4.69) is 25.5 Å². The van der Waals surface area contributed by atoms with Gasteiger partial charge in [0, 0.05) is 36.2 Å². The zero-order valence-corrected chi connectivity index (χ0v) is 17.6. The fourth-order valence-electron chi connectivity index (χ4n) is 2.78. The lowest BCUT2D eigenvalue weighted by atomic mass is 10.1. The Labute approximate surface area is 174 Å². The number of rotatable bonds is 4. The molecule has 1 aromatic heterocycles. The van der Waals surface area contributed by atoms with Gasteiger partial charge in [0.15, 0.2) is 5.82 Å². The molecule has 1 unspecified atom stereocenters. The first-order valence-electron chi connectivity index (χ1n) is 8.17. The van der Waals surface area contributed by atoms with Crippen molar-refractivity contribution in [2.75, 3.05) is 36.4 Å². The van der Waals surface area contributed by atoms with Gasteiger partial charge in [0.25, 0.3) is 0 Å². The number of nitrogens with zero attached hydrogens (tertiary/aromatic N) is 3. The van der Waals surface area contributed by atoms with Crippen LogP contribution in [0.4, 0.5) is 11.8 Å². The van der Waals surface area contributed by atoms with Gasteiger partial charge in [-0.15, -0.1) is 12.4 Å². The van der Waals surface area contributed by atoms with Crippen LogP contribution >= 0.6 is 47.2 Å². The molecule has 2 aromatic rings. The van der Waals surface area contributed by atoms with Crippen LogP contribution in [0.2, 0.25) is 15.1 Å². The average Bonchev–Trinajstić information content (AvgIpc) is 2.59. The van der Waals surface area contributed by atoms with Crippen molar-refractivity contribution >= 4 is 59.0 Å². The second-order valence-electron chi connectivity index (χ2n) is 6.04. The molecule has 0 saturated carbocycles. The molecular weight excluding hydrogens is 416 g/mol. The van der Waals surface area contributed by atoms with Crippen molar-refractivity contribution in [2.24, 2.45) is 0 Å². The highest BCUT2D eigenvalue weighted by Gasteiger charge is 2.19. The van der Waals surface area contributed by atoms with Crippen LogP contribution in [-0.2, 0) is 0 Å². The maximum absolute atomic E-state index is 6.43. The van der Waals surface area contributed by atoms with Gasteiger partial charge in [-0.25, -0.2) is 4.98 Å². The van der Waals surface area contributed by atoms with Crippen LogP contribution in [0.3, 0.4) is 0 Å². The summed E-state index contributed by atoms with van der Waals surface area (Å²) >= 11 is 18.7. The van der Waals surface area contributed by atoms with Gasteiger partial charge in [-0.2, -0.15) is 4.98 Å². The van der Waals surface area contributed by atoms with E-state index in [1.165, 1.54) is 0 Å². The highest BCUT2D eigenvalue weighted by Crippen LogP contribution is 2.32. The Bertz CT molecular complexity index is 765. The molecule has 0 aliphatic carbocycles. The molecule has 0 spiro atoms. The van der Waals surface area contributed by atoms with E-state index in [1.54, 1.807) is 6.07 Å². The topological polar surface area (TPSA) is 53.1 Å². The summed E-state index contributed by atoms with van der Waals surface area (Å²) in [6.07, 6.45) is 0. The summed E-state index contributed by atoms with van der Waals surface area (Å²) in [6, 6.07) is 5.38. The Kier molecular flexibility index (Phi) is 7.62. The van der Waals surface area contributed by atoms with E-state index in [0.29, 0.717) is 26.8 Å². The van der Waals surface area contributed by atoms with Gasteiger partial charge >= 0.3 is 0 Å². The molecule has 1 aliphatic heterocycles. The minimum Gasteiger partial charge on any atom is -0.362 e. The van der Waals surface area contributed by atoms with Crippen molar-refractivity contribution in [2.45, 2.75) is 19.9 Å². The summed E-state index contributed by atoms with van der Waals surface area (Å²) in [5, 5.41) is 8.42. The molecule has 26 heavy (non-hydrogen) atoms. The number of piperazine rings is 1. The molecule has 9 heteroatoms. The zero-order valence-electron chi connectivity index (χ0n) is 14.5. The number of anilines is 2. The van der Waals surface area contributed by atoms with Crippen LogP contribution in [0.1, 0.15) is 24.2 Å². The van der Waals surface area contributed by atoms with Crippen LogP contribution in [0.25, 0.3) is 0 Å². The first kappa shape index (κ1) is 21.3. The van der Waals surface area contributed by atoms with Gasteiger partial charge in [-0.1, -0.05) is 40.9 Å². The monoisotopic (exact) mass is 435 g/mol. The molecule has 1 fully saturated rings. The number of hydrogen-bond donors (Lipinski definition) is 2. The predicted molar refractivity (Wildman–Crippen MR) is 113 cm³/mol. The van der Waals surface area contributed by atoms with E-state index in [9.17, 15) is 0 Å². The molecule has 2 heterocycles. The van der Waals surface area contributed by atoms with Crippen molar-refractivity contribution in [3.05, 3.63) is 44.5 Å². The molecule has 142 valence electrons. The van der Waals surface area contributed by atoms with Crippen molar-refractivity contribution < 1.29 is 0 Å². The summed E-state index contributed by atoms with van der Waals surface area (Å²) in [5.74, 6) is 1.31. The fourth-order valence-corrected chi connectivity index (χ4v) is 3.49. The third-order valence-electron chi connectivity index (χ3n) is 4.19.